The van der Waals surface area contributed by atoms with E-state index in [1.807, 2.05) is 25.9 Å². The highest BCUT2D eigenvalue weighted by atomic mass is 19.4. The second-order valence-electron chi connectivity index (χ2n) is 10.3. The summed E-state index contributed by atoms with van der Waals surface area (Å²) in [6.45, 7) is 4.63. The Hall–Kier alpha value is -3.25. The third-order valence-corrected chi connectivity index (χ3v) is 6.50. The average Bonchev–Trinajstić information content (AvgIpc) is 2.79. The molecule has 0 aliphatic heterocycles. The minimum absolute atomic E-state index is 0.0646. The van der Waals surface area contributed by atoms with Gasteiger partial charge in [0.1, 0.15) is 5.82 Å². The minimum Gasteiger partial charge on any atom is -0.362 e. The van der Waals surface area contributed by atoms with E-state index in [1.54, 1.807) is 6.20 Å². The van der Waals surface area contributed by atoms with Crippen LogP contribution in [0.3, 0.4) is 0 Å². The predicted molar refractivity (Wildman–Crippen MR) is 132 cm³/mol. The lowest BCUT2D eigenvalue weighted by Crippen LogP contribution is -2.50. The van der Waals surface area contributed by atoms with Crippen molar-refractivity contribution in [1.82, 2.24) is 20.6 Å². The van der Waals surface area contributed by atoms with Gasteiger partial charge in [-0.1, -0.05) is 0 Å². The molecule has 1 aliphatic carbocycles. The number of hydrogen-bond donors (Lipinski definition) is 3. The van der Waals surface area contributed by atoms with Crippen LogP contribution in [0.2, 0.25) is 0 Å². The molecule has 38 heavy (non-hydrogen) atoms. The second kappa shape index (κ2) is 10.9. The first-order valence-corrected chi connectivity index (χ1v) is 12.1. The van der Waals surface area contributed by atoms with Gasteiger partial charge in [0, 0.05) is 37.9 Å². The van der Waals surface area contributed by atoms with Crippen molar-refractivity contribution in [2.75, 3.05) is 24.3 Å². The molecule has 1 aromatic carbocycles. The fraction of sp³-hybridized carbons (Fsp3) is 0.560. The first kappa shape index (κ1) is 29.3. The van der Waals surface area contributed by atoms with Crippen LogP contribution in [0.4, 0.5) is 42.9 Å². The van der Waals surface area contributed by atoms with Crippen LogP contribution in [-0.2, 0) is 17.9 Å². The molecule has 2 aromatic rings. The highest BCUT2D eigenvalue weighted by Crippen LogP contribution is 2.38. The van der Waals surface area contributed by atoms with Crippen molar-refractivity contribution in [3.63, 3.8) is 0 Å². The molecule has 13 heteroatoms. The molecule has 0 radical (unpaired) electrons. The summed E-state index contributed by atoms with van der Waals surface area (Å²) < 4.78 is 79.5. The van der Waals surface area contributed by atoms with E-state index in [0.717, 1.165) is 11.4 Å². The van der Waals surface area contributed by atoms with Crippen LogP contribution in [0.5, 0.6) is 0 Å². The van der Waals surface area contributed by atoms with Gasteiger partial charge in [-0.15, -0.1) is 0 Å². The normalized spacial score (nSPS) is 18.6. The van der Waals surface area contributed by atoms with E-state index < -0.39 is 35.0 Å². The third-order valence-electron chi connectivity index (χ3n) is 6.50. The van der Waals surface area contributed by atoms with E-state index in [-0.39, 0.29) is 23.7 Å². The van der Waals surface area contributed by atoms with Crippen LogP contribution in [-0.4, -0.2) is 42.2 Å². The summed E-state index contributed by atoms with van der Waals surface area (Å²) in [4.78, 5) is 23.4. The molecule has 3 N–H and O–H groups in total. The lowest BCUT2D eigenvalue weighted by molar-refractivity contribution is -0.143. The SMILES string of the molecule is Cc1cnc(NC2CCC(NC(=O)NC(C)(C)c3cc(C(F)(F)F)cc(C(F)(F)F)c3)CC2)nc1N(C)C. The van der Waals surface area contributed by atoms with Crippen LogP contribution in [0.15, 0.2) is 24.4 Å². The standard InChI is InChI=1S/C25H32F6N6O/c1-14-13-32-21(35-20(14)37(4)5)33-18-6-8-19(9-7-18)34-22(38)36-23(2,3)15-10-16(24(26,27)28)12-17(11-15)25(29,30)31/h10-13,18-19H,6-9H2,1-5H3,(H,32,33,35)(H2,34,36,38). The van der Waals surface area contributed by atoms with Crippen molar-refractivity contribution in [3.8, 4) is 0 Å². The average molecular weight is 547 g/mol. The first-order chi connectivity index (χ1) is 17.5. The number of carbonyl (C=O) groups excluding carboxylic acids is 1. The van der Waals surface area contributed by atoms with Crippen molar-refractivity contribution < 1.29 is 31.1 Å². The van der Waals surface area contributed by atoms with Gasteiger partial charge in [-0.3, -0.25) is 0 Å². The fourth-order valence-corrected chi connectivity index (χ4v) is 4.41. The molecule has 1 fully saturated rings. The summed E-state index contributed by atoms with van der Waals surface area (Å²) in [6.07, 6.45) is -5.53. The van der Waals surface area contributed by atoms with Crippen molar-refractivity contribution in [1.29, 1.82) is 0 Å². The smallest absolute Gasteiger partial charge is 0.362 e. The number of anilines is 2. The van der Waals surface area contributed by atoms with E-state index >= 15 is 0 Å². The van der Waals surface area contributed by atoms with E-state index in [2.05, 4.69) is 25.9 Å². The van der Waals surface area contributed by atoms with Crippen LogP contribution < -0.4 is 20.9 Å². The van der Waals surface area contributed by atoms with Gasteiger partial charge in [0.05, 0.1) is 16.7 Å². The molecule has 3 rings (SSSR count). The zero-order valence-electron chi connectivity index (χ0n) is 21.8. The molecular formula is C25H32F6N6O. The Kier molecular flexibility index (Phi) is 8.37. The molecule has 0 saturated heterocycles. The van der Waals surface area contributed by atoms with Crippen molar-refractivity contribution in [2.24, 2.45) is 0 Å². The number of nitrogens with one attached hydrogen (secondary N) is 3. The molecule has 1 aliphatic rings. The Morgan fingerprint density at radius 2 is 1.39 bits per heavy atom. The summed E-state index contributed by atoms with van der Waals surface area (Å²) in [5.74, 6) is 1.31. The number of rotatable bonds is 6. The number of hydrogen-bond acceptors (Lipinski definition) is 5. The van der Waals surface area contributed by atoms with Gasteiger partial charge in [0.25, 0.3) is 0 Å². The lowest BCUT2D eigenvalue weighted by Gasteiger charge is -2.32. The summed E-state index contributed by atoms with van der Waals surface area (Å²) in [5.41, 5.74) is -3.73. The van der Waals surface area contributed by atoms with Gasteiger partial charge in [0.2, 0.25) is 5.95 Å². The van der Waals surface area contributed by atoms with Gasteiger partial charge in [-0.25, -0.2) is 9.78 Å². The van der Waals surface area contributed by atoms with Gasteiger partial charge in [-0.05, 0) is 70.2 Å². The highest BCUT2D eigenvalue weighted by molar-refractivity contribution is 5.75. The Bertz CT molecular complexity index is 1110. The van der Waals surface area contributed by atoms with Gasteiger partial charge in [-0.2, -0.15) is 31.3 Å². The molecule has 210 valence electrons. The zero-order valence-corrected chi connectivity index (χ0v) is 21.8. The van der Waals surface area contributed by atoms with Crippen LogP contribution in [0.1, 0.15) is 61.8 Å². The summed E-state index contributed by atoms with van der Waals surface area (Å²) in [5, 5.41) is 8.63. The van der Waals surface area contributed by atoms with E-state index in [9.17, 15) is 31.1 Å². The largest absolute Gasteiger partial charge is 0.416 e. The van der Waals surface area contributed by atoms with Crippen LogP contribution >= 0.6 is 0 Å². The molecular weight excluding hydrogens is 514 g/mol. The monoisotopic (exact) mass is 546 g/mol. The Labute approximate surface area is 217 Å². The first-order valence-electron chi connectivity index (χ1n) is 12.1. The Morgan fingerprint density at radius 1 is 0.895 bits per heavy atom. The lowest BCUT2D eigenvalue weighted by atomic mass is 9.90. The molecule has 0 spiro atoms. The van der Waals surface area contributed by atoms with Gasteiger partial charge >= 0.3 is 18.4 Å². The number of carbonyl (C=O) groups is 1. The van der Waals surface area contributed by atoms with Crippen LogP contribution in [0, 0.1) is 6.92 Å². The number of aryl methyl sites for hydroxylation is 1. The predicted octanol–water partition coefficient (Wildman–Crippen LogP) is 5.85. The highest BCUT2D eigenvalue weighted by Gasteiger charge is 2.39. The fourth-order valence-electron chi connectivity index (χ4n) is 4.41. The minimum atomic E-state index is -4.97. The second-order valence-corrected chi connectivity index (χ2v) is 10.3. The summed E-state index contributed by atoms with van der Waals surface area (Å²) >= 11 is 0. The maximum Gasteiger partial charge on any atom is 0.416 e. The molecule has 1 heterocycles. The molecule has 0 atom stereocenters. The van der Waals surface area contributed by atoms with Crippen LogP contribution in [0.25, 0.3) is 0 Å². The summed E-state index contributed by atoms with van der Waals surface area (Å²) in [6, 6.07) is 0.538. The van der Waals surface area contributed by atoms with Crippen molar-refractivity contribution >= 4 is 17.8 Å². The van der Waals surface area contributed by atoms with Gasteiger partial charge in [0.15, 0.2) is 0 Å². The third kappa shape index (κ3) is 7.41. The zero-order chi connectivity index (χ0) is 28.5. The maximum atomic E-state index is 13.3. The molecule has 0 bridgehead atoms. The van der Waals surface area contributed by atoms with E-state index in [4.69, 9.17) is 0 Å². The molecule has 1 saturated carbocycles. The van der Waals surface area contributed by atoms with E-state index in [1.165, 1.54) is 13.8 Å². The number of alkyl halides is 6. The van der Waals surface area contributed by atoms with Crippen molar-refractivity contribution in [2.45, 2.75) is 76.4 Å². The maximum absolute atomic E-state index is 13.3. The Morgan fingerprint density at radius 3 is 1.89 bits per heavy atom. The molecule has 7 nitrogen and oxygen atoms in total. The number of amides is 2. The quantitative estimate of drug-likeness (QED) is 0.397. The number of halogens is 6. The van der Waals surface area contributed by atoms with E-state index in [0.29, 0.717) is 43.8 Å². The topological polar surface area (TPSA) is 82.2 Å². The van der Waals surface area contributed by atoms with Gasteiger partial charge < -0.3 is 20.9 Å². The molecule has 0 unspecified atom stereocenters. The molecule has 2 amide bonds. The number of urea groups is 1. The molecule has 1 aromatic heterocycles. The Balaban J connectivity index is 1.60. The summed E-state index contributed by atoms with van der Waals surface area (Å²) in [7, 11) is 3.79. The number of benzene rings is 1. The number of aromatic nitrogens is 2. The van der Waals surface area contributed by atoms with Crippen molar-refractivity contribution in [3.05, 3.63) is 46.6 Å². The number of nitrogens with zero attached hydrogens (tertiary/aromatic N) is 3.